The lowest BCUT2D eigenvalue weighted by Gasteiger charge is -2.39. The van der Waals surface area contributed by atoms with Gasteiger partial charge in [-0.05, 0) is 0 Å². The van der Waals surface area contributed by atoms with Crippen molar-refractivity contribution in [2.45, 2.75) is 20.8 Å². The van der Waals surface area contributed by atoms with Gasteiger partial charge < -0.3 is 4.74 Å². The number of hydrogen-bond acceptors (Lipinski definition) is 4. The highest BCUT2D eigenvalue weighted by Crippen LogP contribution is 2.25. The molecule has 0 saturated carbocycles. The summed E-state index contributed by atoms with van der Waals surface area (Å²) in [6.45, 7) is 5.21. The monoisotopic (exact) mass is 213 g/mol. The second-order valence-electron chi connectivity index (χ2n) is 3.85. The van der Waals surface area contributed by atoms with Gasteiger partial charge in [-0.3, -0.25) is 19.3 Å². The Morgan fingerprint density at radius 1 is 1.53 bits per heavy atom. The van der Waals surface area contributed by atoms with Crippen molar-refractivity contribution in [1.29, 1.82) is 0 Å². The zero-order chi connectivity index (χ0) is 11.6. The van der Waals surface area contributed by atoms with Crippen LogP contribution in [0.5, 0.6) is 0 Å². The SMILES string of the molecule is CC(=O)OC[C@H](C)[C@H]1CN(C(C)=O)C1=O. The first-order valence-electron chi connectivity index (χ1n) is 4.88. The molecular weight excluding hydrogens is 198 g/mol. The maximum absolute atomic E-state index is 11.5. The van der Waals surface area contributed by atoms with E-state index >= 15 is 0 Å². The van der Waals surface area contributed by atoms with Gasteiger partial charge >= 0.3 is 5.97 Å². The molecule has 1 aliphatic heterocycles. The molecule has 1 aliphatic rings. The molecule has 1 fully saturated rings. The lowest BCUT2D eigenvalue weighted by atomic mass is 9.86. The number of β-lactam (4-membered cyclic amide) rings is 1. The molecule has 0 aliphatic carbocycles. The smallest absolute Gasteiger partial charge is 0.302 e. The van der Waals surface area contributed by atoms with Gasteiger partial charge in [-0.15, -0.1) is 0 Å². The van der Waals surface area contributed by atoms with Gasteiger partial charge in [0.2, 0.25) is 11.8 Å². The summed E-state index contributed by atoms with van der Waals surface area (Å²) >= 11 is 0. The Bertz CT molecular complexity index is 300. The Hall–Kier alpha value is -1.39. The third-order valence-electron chi connectivity index (χ3n) is 2.58. The Kier molecular flexibility index (Phi) is 3.44. The fraction of sp³-hybridized carbons (Fsp3) is 0.700. The molecule has 2 amide bonds. The molecule has 5 nitrogen and oxygen atoms in total. The van der Waals surface area contributed by atoms with Crippen molar-refractivity contribution >= 4 is 17.8 Å². The quantitative estimate of drug-likeness (QED) is 0.496. The van der Waals surface area contributed by atoms with Crippen LogP contribution in [0.3, 0.4) is 0 Å². The van der Waals surface area contributed by atoms with Crippen LogP contribution >= 0.6 is 0 Å². The number of amides is 2. The minimum atomic E-state index is -0.350. The van der Waals surface area contributed by atoms with Crippen LogP contribution in [0.25, 0.3) is 0 Å². The number of imide groups is 1. The first kappa shape index (κ1) is 11.7. The average molecular weight is 213 g/mol. The van der Waals surface area contributed by atoms with Gasteiger partial charge in [-0.2, -0.15) is 0 Å². The van der Waals surface area contributed by atoms with Crippen LogP contribution in [0.15, 0.2) is 0 Å². The van der Waals surface area contributed by atoms with Crippen LogP contribution < -0.4 is 0 Å². The van der Waals surface area contributed by atoms with E-state index in [0.717, 1.165) is 0 Å². The fourth-order valence-electron chi connectivity index (χ4n) is 1.52. The number of esters is 1. The number of carbonyl (C=O) groups is 3. The molecule has 0 aromatic heterocycles. The summed E-state index contributed by atoms with van der Waals surface area (Å²) in [5, 5.41) is 0. The number of rotatable bonds is 3. The third-order valence-corrected chi connectivity index (χ3v) is 2.58. The second-order valence-corrected chi connectivity index (χ2v) is 3.85. The van der Waals surface area contributed by atoms with Gasteiger partial charge in [0.25, 0.3) is 0 Å². The highest BCUT2D eigenvalue weighted by molar-refractivity contribution is 6.00. The molecular formula is C10H15NO4. The summed E-state index contributed by atoms with van der Waals surface area (Å²) in [4.78, 5) is 34.1. The summed E-state index contributed by atoms with van der Waals surface area (Å²) in [7, 11) is 0. The molecule has 0 bridgehead atoms. The first-order valence-corrected chi connectivity index (χ1v) is 4.88. The van der Waals surface area contributed by atoms with E-state index in [9.17, 15) is 14.4 Å². The molecule has 0 aromatic carbocycles. The number of ether oxygens (including phenoxy) is 1. The van der Waals surface area contributed by atoms with Crippen LogP contribution in [0, 0.1) is 11.8 Å². The highest BCUT2D eigenvalue weighted by atomic mass is 16.5. The maximum atomic E-state index is 11.5. The van der Waals surface area contributed by atoms with Crippen LogP contribution in [0.2, 0.25) is 0 Å². The molecule has 1 saturated heterocycles. The molecule has 0 aromatic rings. The van der Waals surface area contributed by atoms with Crippen molar-refractivity contribution in [1.82, 2.24) is 4.90 Å². The van der Waals surface area contributed by atoms with E-state index in [2.05, 4.69) is 0 Å². The lowest BCUT2D eigenvalue weighted by molar-refractivity contribution is -0.162. The predicted octanol–water partition coefficient (Wildman–Crippen LogP) is 0.190. The molecule has 15 heavy (non-hydrogen) atoms. The van der Waals surface area contributed by atoms with Crippen LogP contribution in [0.4, 0.5) is 0 Å². The zero-order valence-electron chi connectivity index (χ0n) is 9.15. The van der Waals surface area contributed by atoms with E-state index in [1.54, 1.807) is 0 Å². The molecule has 0 unspecified atom stereocenters. The molecule has 5 heteroatoms. The minimum absolute atomic E-state index is 0.0306. The van der Waals surface area contributed by atoms with Crippen molar-refractivity contribution in [3.63, 3.8) is 0 Å². The number of carbonyl (C=O) groups excluding carboxylic acids is 3. The van der Waals surface area contributed by atoms with Gasteiger partial charge in [0.1, 0.15) is 0 Å². The van der Waals surface area contributed by atoms with Gasteiger partial charge in [0.15, 0.2) is 0 Å². The van der Waals surface area contributed by atoms with E-state index in [4.69, 9.17) is 4.74 Å². The fourth-order valence-corrected chi connectivity index (χ4v) is 1.52. The topological polar surface area (TPSA) is 63.7 Å². The van der Waals surface area contributed by atoms with E-state index in [1.807, 2.05) is 6.92 Å². The number of hydrogen-bond donors (Lipinski definition) is 0. The highest BCUT2D eigenvalue weighted by Gasteiger charge is 2.42. The van der Waals surface area contributed by atoms with Crippen LogP contribution in [0.1, 0.15) is 20.8 Å². The lowest BCUT2D eigenvalue weighted by Crippen LogP contribution is -2.57. The first-order chi connectivity index (χ1) is 6.93. The molecule has 1 rings (SSSR count). The van der Waals surface area contributed by atoms with E-state index in [0.29, 0.717) is 6.54 Å². The van der Waals surface area contributed by atoms with Gasteiger partial charge in [0.05, 0.1) is 12.5 Å². The third kappa shape index (κ3) is 2.55. The molecule has 0 N–H and O–H groups in total. The zero-order valence-corrected chi connectivity index (χ0v) is 9.15. The Morgan fingerprint density at radius 3 is 2.53 bits per heavy atom. The maximum Gasteiger partial charge on any atom is 0.302 e. The van der Waals surface area contributed by atoms with Crippen molar-refractivity contribution in [2.75, 3.05) is 13.2 Å². The molecule has 2 atom stereocenters. The minimum Gasteiger partial charge on any atom is -0.466 e. The molecule has 1 heterocycles. The van der Waals surface area contributed by atoms with Gasteiger partial charge in [-0.25, -0.2) is 0 Å². The van der Waals surface area contributed by atoms with Crippen molar-refractivity contribution in [3.8, 4) is 0 Å². The van der Waals surface area contributed by atoms with E-state index in [1.165, 1.54) is 18.7 Å². The standard InChI is InChI=1S/C10H15NO4/c1-6(5-15-8(3)13)9-4-11(7(2)12)10(9)14/h6,9H,4-5H2,1-3H3/t6-,9+/m0/s1. The summed E-state index contributed by atoms with van der Waals surface area (Å²) < 4.78 is 4.81. The Labute approximate surface area is 88.4 Å². The van der Waals surface area contributed by atoms with Crippen LogP contribution in [-0.4, -0.2) is 35.8 Å². The summed E-state index contributed by atoms with van der Waals surface area (Å²) in [5.41, 5.74) is 0. The Morgan fingerprint density at radius 2 is 2.13 bits per heavy atom. The van der Waals surface area contributed by atoms with Crippen molar-refractivity contribution in [2.24, 2.45) is 11.8 Å². The Balaban J connectivity index is 2.38. The van der Waals surface area contributed by atoms with Crippen LogP contribution in [-0.2, 0) is 19.1 Å². The molecule has 84 valence electrons. The summed E-state index contributed by atoms with van der Waals surface area (Å²) in [6.07, 6.45) is 0. The predicted molar refractivity (Wildman–Crippen MR) is 51.7 cm³/mol. The normalized spacial score (nSPS) is 21.9. The number of nitrogens with zero attached hydrogens (tertiary/aromatic N) is 1. The summed E-state index contributed by atoms with van der Waals surface area (Å²) in [6, 6.07) is 0. The van der Waals surface area contributed by atoms with Crippen molar-refractivity contribution < 1.29 is 19.1 Å². The van der Waals surface area contributed by atoms with Gasteiger partial charge in [0, 0.05) is 26.3 Å². The second kappa shape index (κ2) is 4.42. The van der Waals surface area contributed by atoms with Gasteiger partial charge in [-0.1, -0.05) is 6.92 Å². The average Bonchev–Trinajstić information content (AvgIpc) is 2.11. The molecule has 0 radical (unpaired) electrons. The summed E-state index contributed by atoms with van der Waals surface area (Å²) in [5.74, 6) is -0.958. The number of likely N-dealkylation sites (tertiary alicyclic amines) is 1. The largest absolute Gasteiger partial charge is 0.466 e. The molecule has 0 spiro atoms. The van der Waals surface area contributed by atoms with E-state index in [-0.39, 0.29) is 36.2 Å². The van der Waals surface area contributed by atoms with E-state index < -0.39 is 0 Å². The van der Waals surface area contributed by atoms with Crippen molar-refractivity contribution in [3.05, 3.63) is 0 Å².